The second-order valence-electron chi connectivity index (χ2n) is 5.41. The molecule has 1 N–H and O–H groups in total. The van der Waals surface area contributed by atoms with Crippen molar-refractivity contribution in [3.05, 3.63) is 66.2 Å². The molecule has 0 fully saturated rings. The lowest BCUT2D eigenvalue weighted by Crippen LogP contribution is -2.41. The summed E-state index contributed by atoms with van der Waals surface area (Å²) in [4.78, 5) is 12.3. The fourth-order valence-corrected chi connectivity index (χ4v) is 3.67. The van der Waals surface area contributed by atoms with E-state index in [1.165, 1.54) is 23.5 Å². The SMILES string of the molecule is COCCNC(=O)CN(Cc1ccccc1)S(=O)(=O)c1ccccc1. The van der Waals surface area contributed by atoms with Crippen molar-refractivity contribution in [2.45, 2.75) is 11.4 Å². The topological polar surface area (TPSA) is 75.7 Å². The summed E-state index contributed by atoms with van der Waals surface area (Å²) in [6.45, 7) is 0.571. The van der Waals surface area contributed by atoms with Crippen LogP contribution in [0.15, 0.2) is 65.6 Å². The molecule has 0 aromatic heterocycles. The highest BCUT2D eigenvalue weighted by Gasteiger charge is 2.26. The van der Waals surface area contributed by atoms with Gasteiger partial charge in [-0.05, 0) is 17.7 Å². The van der Waals surface area contributed by atoms with E-state index in [0.29, 0.717) is 13.2 Å². The monoisotopic (exact) mass is 362 g/mol. The van der Waals surface area contributed by atoms with Crippen LogP contribution in [0.4, 0.5) is 0 Å². The number of benzene rings is 2. The van der Waals surface area contributed by atoms with Gasteiger partial charge in [0.2, 0.25) is 15.9 Å². The summed E-state index contributed by atoms with van der Waals surface area (Å²) in [5.41, 5.74) is 0.812. The van der Waals surface area contributed by atoms with E-state index in [2.05, 4.69) is 5.32 Å². The molecule has 2 aromatic carbocycles. The van der Waals surface area contributed by atoms with Crippen molar-refractivity contribution in [2.75, 3.05) is 26.8 Å². The van der Waals surface area contributed by atoms with E-state index in [9.17, 15) is 13.2 Å². The van der Waals surface area contributed by atoms with Gasteiger partial charge in [0.1, 0.15) is 0 Å². The number of carbonyl (C=O) groups is 1. The number of hydrogen-bond acceptors (Lipinski definition) is 4. The van der Waals surface area contributed by atoms with Crippen LogP contribution in [0, 0.1) is 0 Å². The van der Waals surface area contributed by atoms with Crippen LogP contribution in [0.1, 0.15) is 5.56 Å². The molecule has 0 heterocycles. The standard InChI is InChI=1S/C18H22N2O4S/c1-24-13-12-19-18(21)15-20(14-16-8-4-2-5-9-16)25(22,23)17-10-6-3-7-11-17/h2-11H,12-15H2,1H3,(H,19,21). The van der Waals surface area contributed by atoms with E-state index >= 15 is 0 Å². The normalized spacial score (nSPS) is 11.4. The lowest BCUT2D eigenvalue weighted by Gasteiger charge is -2.22. The lowest BCUT2D eigenvalue weighted by molar-refractivity contribution is -0.121. The van der Waals surface area contributed by atoms with Crippen molar-refractivity contribution in [1.29, 1.82) is 0 Å². The zero-order chi connectivity index (χ0) is 18.1. The van der Waals surface area contributed by atoms with Crippen molar-refractivity contribution in [1.82, 2.24) is 9.62 Å². The molecule has 0 unspecified atom stereocenters. The number of sulfonamides is 1. The molecular formula is C18H22N2O4S. The van der Waals surface area contributed by atoms with Gasteiger partial charge in [0.15, 0.2) is 0 Å². The van der Waals surface area contributed by atoms with Crippen LogP contribution >= 0.6 is 0 Å². The molecule has 0 spiro atoms. The Hall–Kier alpha value is -2.22. The molecule has 7 heteroatoms. The zero-order valence-electron chi connectivity index (χ0n) is 14.1. The molecule has 0 aliphatic heterocycles. The van der Waals surface area contributed by atoms with Gasteiger partial charge in [0.25, 0.3) is 0 Å². The summed E-state index contributed by atoms with van der Waals surface area (Å²) >= 11 is 0. The predicted molar refractivity (Wildman–Crippen MR) is 95.4 cm³/mol. The minimum atomic E-state index is -3.78. The second-order valence-corrected chi connectivity index (χ2v) is 7.35. The van der Waals surface area contributed by atoms with Crippen LogP contribution in [-0.4, -0.2) is 45.4 Å². The number of rotatable bonds is 9. The number of hydrogen-bond donors (Lipinski definition) is 1. The predicted octanol–water partition coefficient (Wildman–Crippen LogP) is 1.64. The number of methoxy groups -OCH3 is 1. The van der Waals surface area contributed by atoms with Gasteiger partial charge in [0, 0.05) is 20.2 Å². The van der Waals surface area contributed by atoms with Crippen molar-refractivity contribution in [2.24, 2.45) is 0 Å². The second kappa shape index (κ2) is 9.31. The third kappa shape index (κ3) is 5.67. The maximum Gasteiger partial charge on any atom is 0.243 e. The lowest BCUT2D eigenvalue weighted by atomic mass is 10.2. The molecule has 25 heavy (non-hydrogen) atoms. The van der Waals surface area contributed by atoms with Crippen molar-refractivity contribution in [3.63, 3.8) is 0 Å². The zero-order valence-corrected chi connectivity index (χ0v) is 14.9. The van der Waals surface area contributed by atoms with Crippen LogP contribution in [0.2, 0.25) is 0 Å². The number of ether oxygens (including phenoxy) is 1. The fourth-order valence-electron chi connectivity index (χ4n) is 2.26. The summed E-state index contributed by atoms with van der Waals surface area (Å²) in [7, 11) is -2.25. The van der Waals surface area contributed by atoms with E-state index in [1.807, 2.05) is 30.3 Å². The molecule has 0 aliphatic rings. The first-order valence-corrected chi connectivity index (χ1v) is 9.33. The number of nitrogens with zero attached hydrogens (tertiary/aromatic N) is 1. The smallest absolute Gasteiger partial charge is 0.243 e. The van der Waals surface area contributed by atoms with Crippen molar-refractivity contribution < 1.29 is 17.9 Å². The highest BCUT2D eigenvalue weighted by molar-refractivity contribution is 7.89. The van der Waals surface area contributed by atoms with Crippen molar-refractivity contribution in [3.8, 4) is 0 Å². The van der Waals surface area contributed by atoms with Crippen LogP contribution in [0.3, 0.4) is 0 Å². The Kier molecular flexibility index (Phi) is 7.12. The third-order valence-electron chi connectivity index (χ3n) is 3.53. The highest BCUT2D eigenvalue weighted by atomic mass is 32.2. The van der Waals surface area contributed by atoms with Crippen molar-refractivity contribution >= 4 is 15.9 Å². The van der Waals surface area contributed by atoms with Gasteiger partial charge in [-0.2, -0.15) is 4.31 Å². The van der Waals surface area contributed by atoms with Gasteiger partial charge in [-0.15, -0.1) is 0 Å². The summed E-state index contributed by atoms with van der Waals surface area (Å²) in [6, 6.07) is 17.3. The molecule has 0 atom stereocenters. The molecule has 2 aromatic rings. The molecule has 0 saturated carbocycles. The first-order valence-electron chi connectivity index (χ1n) is 7.89. The van der Waals surface area contributed by atoms with Crippen LogP contribution < -0.4 is 5.32 Å². The third-order valence-corrected chi connectivity index (χ3v) is 5.34. The average Bonchev–Trinajstić information content (AvgIpc) is 2.63. The minimum Gasteiger partial charge on any atom is -0.383 e. The Balaban J connectivity index is 2.21. The van der Waals surface area contributed by atoms with E-state index in [0.717, 1.165) is 5.56 Å². The summed E-state index contributed by atoms with van der Waals surface area (Å²) in [5.74, 6) is -0.368. The van der Waals surface area contributed by atoms with E-state index in [4.69, 9.17) is 4.74 Å². The molecule has 0 bridgehead atoms. The van der Waals surface area contributed by atoms with E-state index in [1.54, 1.807) is 18.2 Å². The first kappa shape index (κ1) is 19.1. The van der Waals surface area contributed by atoms with Gasteiger partial charge >= 0.3 is 0 Å². The Morgan fingerprint density at radius 3 is 2.24 bits per heavy atom. The quantitative estimate of drug-likeness (QED) is 0.688. The molecular weight excluding hydrogens is 340 g/mol. The van der Waals surface area contributed by atoms with Crippen LogP contribution in [-0.2, 0) is 26.1 Å². The molecule has 0 radical (unpaired) electrons. The molecule has 0 aliphatic carbocycles. The first-order chi connectivity index (χ1) is 12.0. The van der Waals surface area contributed by atoms with E-state index in [-0.39, 0.29) is 23.9 Å². The molecule has 0 saturated heterocycles. The Morgan fingerprint density at radius 2 is 1.64 bits per heavy atom. The Morgan fingerprint density at radius 1 is 1.04 bits per heavy atom. The van der Waals surface area contributed by atoms with Gasteiger partial charge in [-0.3, -0.25) is 4.79 Å². The van der Waals surface area contributed by atoms with Crippen LogP contribution in [0.25, 0.3) is 0 Å². The summed E-state index contributed by atoms with van der Waals surface area (Å²) < 4.78 is 31.9. The summed E-state index contributed by atoms with van der Waals surface area (Å²) in [6.07, 6.45) is 0. The van der Waals surface area contributed by atoms with Crippen LogP contribution in [0.5, 0.6) is 0 Å². The molecule has 134 valence electrons. The van der Waals surface area contributed by atoms with E-state index < -0.39 is 10.0 Å². The minimum absolute atomic E-state index is 0.121. The largest absolute Gasteiger partial charge is 0.383 e. The Bertz CT molecular complexity index is 764. The van der Waals surface area contributed by atoms with Gasteiger partial charge < -0.3 is 10.1 Å². The summed E-state index contributed by atoms with van der Waals surface area (Å²) in [5, 5.41) is 2.65. The molecule has 1 amide bonds. The van der Waals surface area contributed by atoms with Gasteiger partial charge in [-0.1, -0.05) is 48.5 Å². The maximum atomic E-state index is 12.9. The fraction of sp³-hybridized carbons (Fsp3) is 0.278. The number of nitrogens with one attached hydrogen (secondary N) is 1. The molecule has 6 nitrogen and oxygen atoms in total. The Labute approximate surface area is 148 Å². The van der Waals surface area contributed by atoms with Gasteiger partial charge in [-0.25, -0.2) is 8.42 Å². The average molecular weight is 362 g/mol. The number of amides is 1. The highest BCUT2D eigenvalue weighted by Crippen LogP contribution is 2.17. The maximum absolute atomic E-state index is 12.9. The number of carbonyl (C=O) groups excluding carboxylic acids is 1. The molecule has 2 rings (SSSR count). The van der Waals surface area contributed by atoms with Gasteiger partial charge in [0.05, 0.1) is 18.0 Å².